The molecule has 21 heteroatoms. The Morgan fingerprint density at radius 3 is 1.31 bits per heavy atom. The summed E-state index contributed by atoms with van der Waals surface area (Å²) in [6.07, 6.45) is -7.04. The van der Waals surface area contributed by atoms with Gasteiger partial charge in [0.1, 0.15) is 24.4 Å². The number of hydrogen-bond acceptors (Lipinski definition) is 8. The summed E-state index contributed by atoms with van der Waals surface area (Å²) in [6.45, 7) is 0.446. The van der Waals surface area contributed by atoms with Crippen molar-refractivity contribution in [3.05, 3.63) is 0 Å². The molecule has 5 unspecified atom stereocenters. The van der Waals surface area contributed by atoms with E-state index in [1.807, 2.05) is 0 Å². The first-order chi connectivity index (χ1) is 7.31. The van der Waals surface area contributed by atoms with Gasteiger partial charge in [-0.05, 0) is 6.92 Å². The molecule has 5 atom stereocenters. The molecule has 1 saturated heterocycles. The molecule has 0 saturated carbocycles. The number of aliphatic hydroxyl groups excluding tert-OH is 5. The molecule has 10 nitrogen and oxygen atoms in total. The quantitative estimate of drug-likeness (QED) is 0.174. The summed E-state index contributed by atoms with van der Waals surface area (Å²) < 4.78 is 4.58. The van der Waals surface area contributed by atoms with Crippen molar-refractivity contribution >= 4 is 66.8 Å². The molecule has 0 aliphatic carbocycles. The summed E-state index contributed by atoms with van der Waals surface area (Å²) in [4.78, 5) is 8.89. The van der Waals surface area contributed by atoms with Gasteiger partial charge in [0.25, 0.3) is 0 Å². The molecule has 160 valence electrons. The van der Waals surface area contributed by atoms with Crippen LogP contribution in [0.2, 0.25) is 0 Å². The first-order valence-corrected chi connectivity index (χ1v) is 4.47. The molecule has 0 aromatic rings. The number of aliphatic carboxylic acids is 1. The van der Waals surface area contributed by atoms with Crippen molar-refractivity contribution in [1.82, 2.24) is 0 Å². The Hall–Kier alpha value is 6.55. The Morgan fingerprint density at radius 2 is 1.10 bits per heavy atom. The summed E-state index contributed by atoms with van der Waals surface area (Å²) >= 11 is 0. The number of carbonyl (C=O) groups excluding carboxylic acids is 1. The summed E-state index contributed by atoms with van der Waals surface area (Å²) in [5.74, 6) is -1.08. The van der Waals surface area contributed by atoms with Crippen LogP contribution in [0.5, 0.6) is 0 Å². The summed E-state index contributed by atoms with van der Waals surface area (Å²) in [6, 6.07) is 0. The average molecular weight is 637 g/mol. The second kappa shape index (κ2) is 55.2. The largest absolute Gasteiger partial charge is 2.00 e. The number of rotatable bonds is 1. The van der Waals surface area contributed by atoms with Crippen LogP contribution in [0.25, 0.3) is 0 Å². The van der Waals surface area contributed by atoms with E-state index in [1.54, 1.807) is 0 Å². The van der Waals surface area contributed by atoms with Crippen LogP contribution in [0, 0.1) is 0 Å². The molecule has 0 radical (unpaired) electrons. The van der Waals surface area contributed by atoms with Crippen LogP contribution in [0.1, 0.15) is 6.92 Å². The van der Waals surface area contributed by atoms with Crippen LogP contribution in [0.3, 0.4) is 0 Å². The van der Waals surface area contributed by atoms with Crippen molar-refractivity contribution in [1.29, 1.82) is 0 Å². The van der Waals surface area contributed by atoms with Gasteiger partial charge in [-0.1, -0.05) is 0 Å². The maximum atomic E-state index is 9.12. The van der Waals surface area contributed by atoms with Gasteiger partial charge < -0.3 is 126 Å². The van der Waals surface area contributed by atoms with E-state index < -0.39 is 43.3 Å². The van der Waals surface area contributed by atoms with Gasteiger partial charge in [-0.3, -0.25) is 0 Å². The van der Waals surface area contributed by atoms with E-state index in [1.165, 1.54) is 0 Å². The number of hydrogen-bond donors (Lipinski definition) is 5. The van der Waals surface area contributed by atoms with Crippen molar-refractivity contribution in [3.8, 4) is 0 Å². The minimum atomic E-state index is -1.57. The molecule has 0 aromatic carbocycles. The van der Waals surface area contributed by atoms with Crippen LogP contribution in [0.15, 0.2) is 0 Å². The Bertz CT molecular complexity index is 261. The Morgan fingerprint density at radius 1 is 0.862 bits per heavy atom. The maximum absolute atomic E-state index is 9.12. The van der Waals surface area contributed by atoms with Crippen molar-refractivity contribution in [2.75, 3.05) is 6.61 Å². The average Bonchev–Trinajstić information content (AvgIpc) is 2.19. The van der Waals surface area contributed by atoms with Crippen LogP contribution in [-0.2, 0) is 9.53 Å². The smallest absolute Gasteiger partial charge is 1.00 e. The minimum absolute atomic E-state index is 0. The van der Waals surface area contributed by atoms with E-state index in [9.17, 15) is 0 Å². The summed E-state index contributed by atoms with van der Waals surface area (Å²) in [5.41, 5.74) is 0. The molecule has 9 N–H and O–H groups in total. The van der Waals surface area contributed by atoms with Crippen molar-refractivity contribution < 1.29 is 236 Å². The topological polar surface area (TPSA) is 214 Å². The summed E-state index contributed by atoms with van der Waals surface area (Å²) in [5, 5.41) is 53.5. The number of ether oxygens (including phenoxy) is 1. The number of halogens is 6. The molecule has 0 spiro atoms. The molecule has 0 aromatic heterocycles. The Kier molecular flexibility index (Phi) is 174. The van der Waals surface area contributed by atoms with Crippen LogP contribution < -0.4 is 190 Å². The van der Waals surface area contributed by atoms with E-state index >= 15 is 0 Å². The van der Waals surface area contributed by atoms with Gasteiger partial charge in [0.05, 0.1) is 6.61 Å². The monoisotopic (exact) mass is 634 g/mol. The first kappa shape index (κ1) is 91.4. The normalized spacial score (nSPS) is 21.2. The van der Waals surface area contributed by atoms with Crippen LogP contribution in [0.4, 0.5) is 0 Å². The molecule has 0 amide bonds. The number of carboxylic acid groups (broad SMARTS) is 1. The third kappa shape index (κ3) is 44.9. The zero-order valence-electron chi connectivity index (χ0n) is 16.2. The fraction of sp³-hybridized carbons (Fsp3) is 0.875. The Balaban J connectivity index is -0.0000000103. The van der Waals surface area contributed by atoms with Crippen LogP contribution >= 0.6 is 0 Å². The number of aliphatic hydroxyl groups is 5. The predicted molar refractivity (Wildman–Crippen MR) is 65.4 cm³/mol. The van der Waals surface area contributed by atoms with Crippen molar-refractivity contribution in [3.63, 3.8) is 0 Å². The van der Waals surface area contributed by atoms with Gasteiger partial charge in [0.15, 0.2) is 6.29 Å². The number of carbonyl (C=O) groups is 1. The zero-order chi connectivity index (χ0) is 12.9. The fourth-order valence-corrected chi connectivity index (χ4v) is 1.08. The third-order valence-corrected chi connectivity index (χ3v) is 1.87. The van der Waals surface area contributed by atoms with Gasteiger partial charge in [-0.2, -0.15) is 0 Å². The van der Waals surface area contributed by atoms with E-state index in [4.69, 9.17) is 35.4 Å². The molecule has 1 fully saturated rings. The molecule has 1 aliphatic rings. The SMILES string of the molecule is CC(=O)[O-].O.O.OCC1OC(O)C(O)C(O)C1O.[Ca+2].[Cl-].[Cl-].[Cl-].[Cl-].[Cl-].[Cl-].[K+].[Mg+2].[Na+].[Na+]. The van der Waals surface area contributed by atoms with Gasteiger partial charge >= 0.3 is 171 Å². The standard InChI is InChI=1S/C6H12O6.C2H4O2.Ca.6ClH.K.Mg.2Na.2H2O/c7-1-2-3(8)4(9)5(10)6(11)12-2;1-2(3)4;;;;;;;;;;;;;/h2-11H,1H2;1H3,(H,3,4);;6*1H;;;;;2*1H2/q;;+2;;;;;;;+1;+2;2*+1;;/p-7. The summed E-state index contributed by atoms with van der Waals surface area (Å²) in [7, 11) is 0. The van der Waals surface area contributed by atoms with E-state index in [-0.39, 0.29) is 257 Å². The van der Waals surface area contributed by atoms with Gasteiger partial charge in [-0.15, -0.1) is 0 Å². The molecule has 1 aliphatic heterocycles. The van der Waals surface area contributed by atoms with Crippen molar-refractivity contribution in [2.45, 2.75) is 37.6 Å². The van der Waals surface area contributed by atoms with Gasteiger partial charge in [-0.25, -0.2) is 0 Å². The second-order valence-electron chi connectivity index (χ2n) is 3.21. The molecular formula is C8H19CaCl6KMgNa2O10. The molecular weight excluding hydrogens is 618 g/mol. The Labute approximate surface area is 339 Å². The van der Waals surface area contributed by atoms with Crippen LogP contribution in [-0.4, -0.2) is 141 Å². The van der Waals surface area contributed by atoms with Gasteiger partial charge in [0, 0.05) is 5.97 Å². The zero-order valence-corrected chi connectivity index (χ0v) is 31.5. The second-order valence-corrected chi connectivity index (χ2v) is 3.21. The number of carboxylic acids is 1. The van der Waals surface area contributed by atoms with Gasteiger partial charge in [0.2, 0.25) is 0 Å². The first-order valence-electron chi connectivity index (χ1n) is 4.47. The molecule has 29 heavy (non-hydrogen) atoms. The molecule has 1 heterocycles. The van der Waals surface area contributed by atoms with E-state index in [2.05, 4.69) is 4.74 Å². The molecule has 1 rings (SSSR count). The van der Waals surface area contributed by atoms with E-state index in [0.717, 1.165) is 6.92 Å². The molecule has 0 bridgehead atoms. The van der Waals surface area contributed by atoms with E-state index in [0.29, 0.717) is 0 Å². The predicted octanol–water partition coefficient (Wildman–Crippen LogP) is -33.8. The third-order valence-electron chi connectivity index (χ3n) is 1.87. The van der Waals surface area contributed by atoms with Crippen molar-refractivity contribution in [2.24, 2.45) is 0 Å². The fourth-order valence-electron chi connectivity index (χ4n) is 1.08. The minimum Gasteiger partial charge on any atom is -1.00 e. The maximum Gasteiger partial charge on any atom is 2.00 e.